The number of anilines is 1. The summed E-state index contributed by atoms with van der Waals surface area (Å²) in [6.45, 7) is 4.21. The van der Waals surface area contributed by atoms with Crippen LogP contribution in [0.4, 0.5) is 5.69 Å². The molecule has 1 N–H and O–H groups in total. The van der Waals surface area contributed by atoms with Gasteiger partial charge in [0, 0.05) is 10.9 Å². The van der Waals surface area contributed by atoms with E-state index >= 15 is 0 Å². The second kappa shape index (κ2) is 6.64. The lowest BCUT2D eigenvalue weighted by atomic mass is 10.1. The van der Waals surface area contributed by atoms with Crippen molar-refractivity contribution in [2.75, 3.05) is 12.4 Å². The zero-order valence-corrected chi connectivity index (χ0v) is 12.0. The third kappa shape index (κ3) is 4.77. The molecule has 0 saturated carbocycles. The van der Waals surface area contributed by atoms with Gasteiger partial charge in [-0.3, -0.25) is 4.79 Å². The van der Waals surface area contributed by atoms with Crippen LogP contribution < -0.4 is 10.1 Å². The topological polar surface area (TPSA) is 38.3 Å². The molecule has 1 aromatic carbocycles. The number of benzene rings is 1. The summed E-state index contributed by atoms with van der Waals surface area (Å²) >= 11 is 3.37. The van der Waals surface area contributed by atoms with Crippen LogP contribution in [0, 0.1) is 5.92 Å². The molecule has 0 aliphatic heterocycles. The predicted molar refractivity (Wildman–Crippen MR) is 73.4 cm³/mol. The van der Waals surface area contributed by atoms with E-state index in [4.69, 9.17) is 4.74 Å². The Bertz CT molecular complexity index is 391. The van der Waals surface area contributed by atoms with Crippen LogP contribution in [0.15, 0.2) is 22.7 Å². The summed E-state index contributed by atoms with van der Waals surface area (Å²) in [5, 5.41) is 2.86. The van der Waals surface area contributed by atoms with E-state index in [1.807, 2.05) is 18.2 Å². The van der Waals surface area contributed by atoms with E-state index in [-0.39, 0.29) is 5.91 Å². The second-order valence-electron chi connectivity index (χ2n) is 4.33. The highest BCUT2D eigenvalue weighted by Gasteiger charge is 2.08. The number of carbonyl (C=O) groups excluding carboxylic acids is 1. The number of hydrogen-bond acceptors (Lipinski definition) is 2. The second-order valence-corrected chi connectivity index (χ2v) is 5.24. The molecule has 4 heteroatoms. The fourth-order valence-electron chi connectivity index (χ4n) is 1.41. The van der Waals surface area contributed by atoms with Gasteiger partial charge in [-0.25, -0.2) is 0 Å². The summed E-state index contributed by atoms with van der Waals surface area (Å²) < 4.78 is 6.11. The maximum atomic E-state index is 11.7. The molecular formula is C13H18BrNO2. The van der Waals surface area contributed by atoms with Crippen LogP contribution in [-0.2, 0) is 4.79 Å². The van der Waals surface area contributed by atoms with E-state index in [1.54, 1.807) is 7.11 Å². The molecule has 1 rings (SSSR count). The predicted octanol–water partition coefficient (Wildman–Crippen LogP) is 3.83. The molecule has 17 heavy (non-hydrogen) atoms. The van der Waals surface area contributed by atoms with Gasteiger partial charge < -0.3 is 10.1 Å². The van der Waals surface area contributed by atoms with Crippen LogP contribution in [0.3, 0.4) is 0 Å². The van der Waals surface area contributed by atoms with Gasteiger partial charge in [-0.2, -0.15) is 0 Å². The number of hydrogen-bond donors (Lipinski definition) is 1. The van der Waals surface area contributed by atoms with Gasteiger partial charge in [0.25, 0.3) is 0 Å². The minimum Gasteiger partial charge on any atom is -0.495 e. The number of rotatable bonds is 5. The molecule has 0 radical (unpaired) electrons. The first kappa shape index (κ1) is 14.0. The quantitative estimate of drug-likeness (QED) is 0.897. The van der Waals surface area contributed by atoms with Crippen LogP contribution in [0.25, 0.3) is 0 Å². The van der Waals surface area contributed by atoms with Crippen LogP contribution in [0.2, 0.25) is 0 Å². The minimum absolute atomic E-state index is 0.0232. The largest absolute Gasteiger partial charge is 0.495 e. The molecule has 1 amide bonds. The van der Waals surface area contributed by atoms with Gasteiger partial charge in [0.2, 0.25) is 5.91 Å². The zero-order valence-electron chi connectivity index (χ0n) is 10.4. The standard InChI is InChI=1S/C13H18BrNO2/c1-9(2)4-7-13(16)15-11-8-10(14)5-6-12(11)17-3/h5-6,8-9H,4,7H2,1-3H3,(H,15,16). The van der Waals surface area contributed by atoms with Crippen molar-refractivity contribution in [1.29, 1.82) is 0 Å². The number of ether oxygens (including phenoxy) is 1. The number of nitrogens with one attached hydrogen (secondary N) is 1. The fourth-order valence-corrected chi connectivity index (χ4v) is 1.77. The van der Waals surface area contributed by atoms with E-state index in [0.717, 1.165) is 10.9 Å². The summed E-state index contributed by atoms with van der Waals surface area (Å²) in [5.74, 6) is 1.23. The van der Waals surface area contributed by atoms with Gasteiger partial charge in [-0.1, -0.05) is 29.8 Å². The summed E-state index contributed by atoms with van der Waals surface area (Å²) in [6.07, 6.45) is 1.43. The van der Waals surface area contributed by atoms with Gasteiger partial charge in [-0.05, 0) is 30.5 Å². The third-order valence-electron chi connectivity index (χ3n) is 2.38. The lowest BCUT2D eigenvalue weighted by molar-refractivity contribution is -0.116. The van der Waals surface area contributed by atoms with Gasteiger partial charge in [0.1, 0.15) is 5.75 Å². The first-order valence-electron chi connectivity index (χ1n) is 5.66. The molecule has 3 nitrogen and oxygen atoms in total. The first-order chi connectivity index (χ1) is 8.02. The van der Waals surface area contributed by atoms with Crippen molar-refractivity contribution in [3.05, 3.63) is 22.7 Å². The molecule has 0 aromatic heterocycles. The molecule has 0 saturated heterocycles. The Morgan fingerprint density at radius 2 is 2.18 bits per heavy atom. The van der Waals surface area contributed by atoms with E-state index in [2.05, 4.69) is 35.1 Å². The molecule has 0 heterocycles. The number of amides is 1. The van der Waals surface area contributed by atoms with Crippen molar-refractivity contribution in [2.24, 2.45) is 5.92 Å². The Labute approximate surface area is 111 Å². The van der Waals surface area contributed by atoms with Crippen LogP contribution in [0.5, 0.6) is 5.75 Å². The van der Waals surface area contributed by atoms with Crippen molar-refractivity contribution in [3.8, 4) is 5.75 Å². The number of carbonyl (C=O) groups is 1. The Morgan fingerprint density at radius 1 is 1.47 bits per heavy atom. The Morgan fingerprint density at radius 3 is 2.76 bits per heavy atom. The highest BCUT2D eigenvalue weighted by atomic mass is 79.9. The van der Waals surface area contributed by atoms with Crippen molar-refractivity contribution in [3.63, 3.8) is 0 Å². The minimum atomic E-state index is 0.0232. The SMILES string of the molecule is COc1ccc(Br)cc1NC(=O)CCC(C)C. The lowest BCUT2D eigenvalue weighted by Crippen LogP contribution is -2.12. The number of methoxy groups -OCH3 is 1. The Balaban J connectivity index is 2.66. The molecule has 94 valence electrons. The van der Waals surface area contributed by atoms with Crippen LogP contribution >= 0.6 is 15.9 Å². The smallest absolute Gasteiger partial charge is 0.224 e. The highest BCUT2D eigenvalue weighted by Crippen LogP contribution is 2.28. The van der Waals surface area contributed by atoms with Crippen molar-refractivity contribution in [2.45, 2.75) is 26.7 Å². The maximum Gasteiger partial charge on any atom is 0.224 e. The van der Waals surface area contributed by atoms with Crippen molar-refractivity contribution >= 4 is 27.5 Å². The van der Waals surface area contributed by atoms with E-state index in [1.165, 1.54) is 0 Å². The first-order valence-corrected chi connectivity index (χ1v) is 6.45. The molecular weight excluding hydrogens is 282 g/mol. The molecule has 0 aliphatic rings. The summed E-state index contributed by atoms with van der Waals surface area (Å²) in [5.41, 5.74) is 0.704. The fraction of sp³-hybridized carbons (Fsp3) is 0.462. The molecule has 0 aliphatic carbocycles. The lowest BCUT2D eigenvalue weighted by Gasteiger charge is -2.11. The normalized spacial score (nSPS) is 10.4. The van der Waals surface area contributed by atoms with Gasteiger partial charge in [0.15, 0.2) is 0 Å². The zero-order chi connectivity index (χ0) is 12.8. The Hall–Kier alpha value is -1.03. The highest BCUT2D eigenvalue weighted by molar-refractivity contribution is 9.10. The number of halogens is 1. The van der Waals surface area contributed by atoms with E-state index in [0.29, 0.717) is 23.8 Å². The Kier molecular flexibility index (Phi) is 5.48. The molecule has 0 unspecified atom stereocenters. The molecule has 0 atom stereocenters. The summed E-state index contributed by atoms with van der Waals surface area (Å²) in [7, 11) is 1.59. The average molecular weight is 300 g/mol. The maximum absolute atomic E-state index is 11.7. The van der Waals surface area contributed by atoms with E-state index < -0.39 is 0 Å². The monoisotopic (exact) mass is 299 g/mol. The average Bonchev–Trinajstić information content (AvgIpc) is 2.27. The van der Waals surface area contributed by atoms with E-state index in [9.17, 15) is 4.79 Å². The molecule has 0 spiro atoms. The molecule has 0 bridgehead atoms. The summed E-state index contributed by atoms with van der Waals surface area (Å²) in [4.78, 5) is 11.7. The van der Waals surface area contributed by atoms with Crippen molar-refractivity contribution in [1.82, 2.24) is 0 Å². The van der Waals surface area contributed by atoms with Crippen molar-refractivity contribution < 1.29 is 9.53 Å². The van der Waals surface area contributed by atoms with Gasteiger partial charge in [0.05, 0.1) is 12.8 Å². The van der Waals surface area contributed by atoms with Crippen LogP contribution in [0.1, 0.15) is 26.7 Å². The van der Waals surface area contributed by atoms with Gasteiger partial charge in [-0.15, -0.1) is 0 Å². The van der Waals surface area contributed by atoms with Gasteiger partial charge >= 0.3 is 0 Å². The van der Waals surface area contributed by atoms with Crippen LogP contribution in [-0.4, -0.2) is 13.0 Å². The third-order valence-corrected chi connectivity index (χ3v) is 2.88. The summed E-state index contributed by atoms with van der Waals surface area (Å²) in [6, 6.07) is 5.54. The molecule has 1 aromatic rings. The molecule has 0 fully saturated rings.